The molecule has 1 N–H and O–H groups in total. The van der Waals surface area contributed by atoms with Crippen molar-refractivity contribution in [2.45, 2.75) is 24.0 Å². The molecule has 0 radical (unpaired) electrons. The first-order chi connectivity index (χ1) is 11.4. The summed E-state index contributed by atoms with van der Waals surface area (Å²) in [7, 11) is 1.58. The highest BCUT2D eigenvalue weighted by atomic mass is 35.5. The molecule has 1 aromatic carbocycles. The normalized spacial score (nSPS) is 11.8. The fraction of sp³-hybridized carbons (Fsp3) is 0.312. The van der Waals surface area contributed by atoms with E-state index in [2.05, 4.69) is 10.5 Å². The van der Waals surface area contributed by atoms with E-state index >= 15 is 0 Å². The number of amides is 2. The molecule has 2 rings (SSSR count). The molecule has 128 valence electrons. The van der Waals surface area contributed by atoms with Crippen LogP contribution in [0.25, 0.3) is 0 Å². The third-order valence-corrected chi connectivity index (χ3v) is 4.75. The number of nitrogens with one attached hydrogen (secondary N) is 1. The molecule has 8 heteroatoms. The molecule has 0 saturated carbocycles. The van der Waals surface area contributed by atoms with Gasteiger partial charge in [-0.05, 0) is 26.0 Å². The van der Waals surface area contributed by atoms with Gasteiger partial charge in [0.25, 0.3) is 0 Å². The molecule has 1 atom stereocenters. The average molecular weight is 368 g/mol. The van der Waals surface area contributed by atoms with Gasteiger partial charge >= 0.3 is 0 Å². The van der Waals surface area contributed by atoms with Crippen molar-refractivity contribution in [3.63, 3.8) is 0 Å². The highest BCUT2D eigenvalue weighted by Gasteiger charge is 2.21. The Morgan fingerprint density at radius 1 is 1.42 bits per heavy atom. The number of hydrogen-bond donors (Lipinski definition) is 1. The first kappa shape index (κ1) is 18.4. The standard InChI is InChI=1S/C16H18ClN3O3S/c1-10-8-14(19-23-10)18-15(21)9-20(3)16(22)11(2)24-13-7-5-4-6-12(13)17/h4-8,11H,9H2,1-3H3,(H,18,19,21)/t11-/m1/s1. The quantitative estimate of drug-likeness (QED) is 0.793. The number of carbonyl (C=O) groups is 2. The molecule has 0 unspecified atom stereocenters. The van der Waals surface area contributed by atoms with Crippen molar-refractivity contribution in [1.82, 2.24) is 10.1 Å². The molecule has 2 amide bonds. The molecule has 0 fully saturated rings. The Morgan fingerprint density at radius 3 is 2.75 bits per heavy atom. The molecule has 2 aromatic rings. The van der Waals surface area contributed by atoms with Crippen LogP contribution in [0.5, 0.6) is 0 Å². The van der Waals surface area contributed by atoms with Gasteiger partial charge in [0.15, 0.2) is 5.82 Å². The van der Waals surface area contributed by atoms with Crippen LogP contribution in [0.2, 0.25) is 5.02 Å². The minimum absolute atomic E-state index is 0.0713. The first-order valence-corrected chi connectivity index (χ1v) is 8.52. The van der Waals surface area contributed by atoms with E-state index < -0.39 is 0 Å². The van der Waals surface area contributed by atoms with E-state index in [0.29, 0.717) is 16.6 Å². The summed E-state index contributed by atoms with van der Waals surface area (Å²) in [6, 6.07) is 8.94. The Labute approximate surface area is 149 Å². The van der Waals surface area contributed by atoms with Gasteiger partial charge in [-0.25, -0.2) is 0 Å². The summed E-state index contributed by atoms with van der Waals surface area (Å²) in [5.74, 6) is 0.428. The van der Waals surface area contributed by atoms with Gasteiger partial charge in [-0.1, -0.05) is 28.9 Å². The first-order valence-electron chi connectivity index (χ1n) is 7.26. The van der Waals surface area contributed by atoms with E-state index in [0.717, 1.165) is 4.90 Å². The number of anilines is 1. The van der Waals surface area contributed by atoms with Gasteiger partial charge in [0.05, 0.1) is 16.8 Å². The number of aromatic nitrogens is 1. The lowest BCUT2D eigenvalue weighted by atomic mass is 10.4. The van der Waals surface area contributed by atoms with Gasteiger partial charge in [0, 0.05) is 18.0 Å². The second kappa shape index (κ2) is 8.21. The van der Waals surface area contributed by atoms with Crippen molar-refractivity contribution in [3.05, 3.63) is 41.1 Å². The Kier molecular flexibility index (Phi) is 6.28. The predicted molar refractivity (Wildman–Crippen MR) is 94.3 cm³/mol. The van der Waals surface area contributed by atoms with Crippen LogP contribution in [-0.4, -0.2) is 40.7 Å². The van der Waals surface area contributed by atoms with Gasteiger partial charge in [-0.2, -0.15) is 0 Å². The maximum atomic E-state index is 12.4. The molecule has 1 heterocycles. The third kappa shape index (κ3) is 5.01. The van der Waals surface area contributed by atoms with Crippen molar-refractivity contribution < 1.29 is 14.1 Å². The zero-order valence-corrected chi connectivity index (χ0v) is 15.1. The molecule has 6 nitrogen and oxygen atoms in total. The van der Waals surface area contributed by atoms with E-state index in [1.165, 1.54) is 16.7 Å². The fourth-order valence-corrected chi connectivity index (χ4v) is 3.26. The van der Waals surface area contributed by atoms with E-state index in [1.807, 2.05) is 18.2 Å². The maximum absolute atomic E-state index is 12.4. The number of rotatable bonds is 6. The van der Waals surface area contributed by atoms with Crippen LogP contribution in [0.15, 0.2) is 39.8 Å². The van der Waals surface area contributed by atoms with Crippen molar-refractivity contribution in [3.8, 4) is 0 Å². The number of carbonyl (C=O) groups excluding carboxylic acids is 2. The second-order valence-electron chi connectivity index (χ2n) is 5.26. The van der Waals surface area contributed by atoms with Crippen molar-refractivity contribution >= 4 is 41.0 Å². The summed E-state index contributed by atoms with van der Waals surface area (Å²) in [5.41, 5.74) is 0. The summed E-state index contributed by atoms with van der Waals surface area (Å²) in [6.07, 6.45) is 0. The van der Waals surface area contributed by atoms with Gasteiger partial charge in [-0.3, -0.25) is 9.59 Å². The zero-order chi connectivity index (χ0) is 17.7. The molecule has 0 aliphatic carbocycles. The number of benzene rings is 1. The Balaban J connectivity index is 1.88. The Morgan fingerprint density at radius 2 is 2.12 bits per heavy atom. The van der Waals surface area contributed by atoms with Crippen LogP contribution in [0.3, 0.4) is 0 Å². The predicted octanol–water partition coefficient (Wildman–Crippen LogP) is 3.21. The van der Waals surface area contributed by atoms with Crippen LogP contribution in [0.1, 0.15) is 12.7 Å². The molecule has 0 aliphatic rings. The van der Waals surface area contributed by atoms with E-state index in [9.17, 15) is 9.59 Å². The van der Waals surface area contributed by atoms with Gasteiger partial charge in [0.2, 0.25) is 11.8 Å². The number of likely N-dealkylation sites (N-methyl/N-ethyl adjacent to an activating group) is 1. The zero-order valence-electron chi connectivity index (χ0n) is 13.6. The number of nitrogens with zero attached hydrogens (tertiary/aromatic N) is 2. The SMILES string of the molecule is Cc1cc(NC(=O)CN(C)C(=O)[C@@H](C)Sc2ccccc2Cl)no1. The van der Waals surface area contributed by atoms with E-state index in [1.54, 1.807) is 33.0 Å². The summed E-state index contributed by atoms with van der Waals surface area (Å²) >= 11 is 7.46. The molecule has 0 spiro atoms. The lowest BCUT2D eigenvalue weighted by Crippen LogP contribution is -2.38. The monoisotopic (exact) mass is 367 g/mol. The Bertz CT molecular complexity index is 735. The maximum Gasteiger partial charge on any atom is 0.245 e. The Hall–Kier alpha value is -1.99. The summed E-state index contributed by atoms with van der Waals surface area (Å²) < 4.78 is 4.87. The molecular weight excluding hydrogens is 350 g/mol. The molecule has 1 aromatic heterocycles. The summed E-state index contributed by atoms with van der Waals surface area (Å²) in [6.45, 7) is 3.44. The molecule has 0 bridgehead atoms. The average Bonchev–Trinajstić information content (AvgIpc) is 2.93. The van der Waals surface area contributed by atoms with Crippen LogP contribution >= 0.6 is 23.4 Å². The lowest BCUT2D eigenvalue weighted by Gasteiger charge is -2.20. The second-order valence-corrected chi connectivity index (χ2v) is 7.05. The third-order valence-electron chi connectivity index (χ3n) is 3.14. The molecular formula is C16H18ClN3O3S. The summed E-state index contributed by atoms with van der Waals surface area (Å²) in [4.78, 5) is 26.6. The minimum Gasteiger partial charge on any atom is -0.360 e. The van der Waals surface area contributed by atoms with Crippen LogP contribution < -0.4 is 5.32 Å². The summed E-state index contributed by atoms with van der Waals surface area (Å²) in [5, 5.41) is 6.50. The molecule has 24 heavy (non-hydrogen) atoms. The van der Waals surface area contributed by atoms with Crippen molar-refractivity contribution in [1.29, 1.82) is 0 Å². The largest absolute Gasteiger partial charge is 0.360 e. The number of thioether (sulfide) groups is 1. The van der Waals surface area contributed by atoms with E-state index in [-0.39, 0.29) is 23.6 Å². The van der Waals surface area contributed by atoms with Crippen LogP contribution in [0.4, 0.5) is 5.82 Å². The number of halogens is 1. The van der Waals surface area contributed by atoms with Gasteiger partial charge < -0.3 is 14.7 Å². The lowest BCUT2D eigenvalue weighted by molar-refractivity contribution is -0.132. The van der Waals surface area contributed by atoms with E-state index in [4.69, 9.17) is 16.1 Å². The highest BCUT2D eigenvalue weighted by molar-refractivity contribution is 8.00. The number of hydrogen-bond acceptors (Lipinski definition) is 5. The fourth-order valence-electron chi connectivity index (χ4n) is 1.99. The van der Waals surface area contributed by atoms with Crippen LogP contribution in [0, 0.1) is 6.92 Å². The highest BCUT2D eigenvalue weighted by Crippen LogP contribution is 2.30. The van der Waals surface area contributed by atoms with Crippen LogP contribution in [-0.2, 0) is 9.59 Å². The minimum atomic E-state index is -0.364. The molecule has 0 saturated heterocycles. The molecule has 0 aliphatic heterocycles. The van der Waals surface area contributed by atoms with Gasteiger partial charge in [-0.15, -0.1) is 11.8 Å². The van der Waals surface area contributed by atoms with Gasteiger partial charge in [0.1, 0.15) is 5.76 Å². The topological polar surface area (TPSA) is 75.4 Å². The van der Waals surface area contributed by atoms with Crippen molar-refractivity contribution in [2.75, 3.05) is 18.9 Å². The van der Waals surface area contributed by atoms with Crippen molar-refractivity contribution in [2.24, 2.45) is 0 Å². The smallest absolute Gasteiger partial charge is 0.245 e. The number of aryl methyl sites for hydroxylation is 1.